The highest BCUT2D eigenvalue weighted by molar-refractivity contribution is 9.10. The van der Waals surface area contributed by atoms with Crippen LogP contribution in [0.4, 0.5) is 4.79 Å². The first-order valence-corrected chi connectivity index (χ1v) is 16.1. The fraction of sp³-hybridized carbons (Fsp3) is 0.429. The van der Waals surface area contributed by atoms with E-state index in [1.165, 1.54) is 20.3 Å². The zero-order chi connectivity index (χ0) is 34.8. The lowest BCUT2D eigenvalue weighted by molar-refractivity contribution is -0.120. The topological polar surface area (TPSA) is 166 Å². The van der Waals surface area contributed by atoms with E-state index in [0.717, 1.165) is 16.1 Å². The van der Waals surface area contributed by atoms with Crippen LogP contribution in [0.5, 0.6) is 0 Å². The maximum absolute atomic E-state index is 13.9. The molecular formula is C35H44BrN3O8. The Morgan fingerprint density at radius 2 is 1.79 bits per heavy atom. The van der Waals surface area contributed by atoms with Crippen LogP contribution >= 0.6 is 15.9 Å². The molecule has 2 aliphatic rings. The number of Topliss-reactive ketones (excluding diaryl/α,β-unsaturated/α-hetero) is 1. The lowest BCUT2D eigenvalue weighted by atomic mass is 9.85. The van der Waals surface area contributed by atoms with E-state index in [1.54, 1.807) is 32.1 Å². The molecule has 12 heteroatoms. The minimum absolute atomic E-state index is 0.132. The van der Waals surface area contributed by atoms with Crippen molar-refractivity contribution in [3.8, 4) is 0 Å². The number of benzene rings is 1. The Morgan fingerprint density at radius 3 is 2.40 bits per heavy atom. The number of nitrogens with two attached hydrogens (primary N) is 1. The molecule has 0 fully saturated rings. The first-order chi connectivity index (χ1) is 22.2. The zero-order valence-corrected chi connectivity index (χ0v) is 29.1. The van der Waals surface area contributed by atoms with Crippen LogP contribution < -0.4 is 16.4 Å². The van der Waals surface area contributed by atoms with E-state index in [1.807, 2.05) is 38.1 Å². The monoisotopic (exact) mass is 713 g/mol. The molecule has 1 heterocycles. The number of primary amides is 1. The average molecular weight is 715 g/mol. The molecule has 0 unspecified atom stereocenters. The van der Waals surface area contributed by atoms with Crippen molar-refractivity contribution in [1.29, 1.82) is 0 Å². The predicted octanol–water partition coefficient (Wildman–Crippen LogP) is 4.31. The van der Waals surface area contributed by atoms with Gasteiger partial charge in [-0.05, 0) is 55.9 Å². The molecule has 1 aromatic carbocycles. The van der Waals surface area contributed by atoms with E-state index in [0.29, 0.717) is 18.5 Å². The first kappa shape index (κ1) is 37.6. The number of hydrogen-bond acceptors (Lipinski definition) is 9. The molecule has 2 bridgehead atoms. The number of amides is 2. The normalized spacial score (nSPS) is 29.5. The molecule has 1 aliphatic heterocycles. The van der Waals surface area contributed by atoms with Crippen molar-refractivity contribution in [2.75, 3.05) is 14.2 Å². The van der Waals surface area contributed by atoms with Gasteiger partial charge in [-0.3, -0.25) is 14.4 Å². The van der Waals surface area contributed by atoms with Crippen molar-refractivity contribution in [2.45, 2.75) is 71.5 Å². The fourth-order valence-electron chi connectivity index (χ4n) is 5.57. The number of nitrogens with one attached hydrogen (secondary N) is 2. The Bertz CT molecular complexity index is 1490. The second-order valence-corrected chi connectivity index (χ2v) is 12.8. The molecule has 47 heavy (non-hydrogen) atoms. The van der Waals surface area contributed by atoms with Gasteiger partial charge < -0.3 is 35.7 Å². The summed E-state index contributed by atoms with van der Waals surface area (Å²) in [5.41, 5.74) is 7.37. The Kier molecular flexibility index (Phi) is 13.9. The highest BCUT2D eigenvalue weighted by Gasteiger charge is 2.33. The second-order valence-electron chi connectivity index (χ2n) is 11.9. The van der Waals surface area contributed by atoms with Gasteiger partial charge >= 0.3 is 6.09 Å². The van der Waals surface area contributed by atoms with Crippen LogP contribution in [0.15, 0.2) is 87.2 Å². The van der Waals surface area contributed by atoms with E-state index in [-0.39, 0.29) is 34.9 Å². The molecule has 1 aromatic rings. The molecule has 0 saturated carbocycles. The summed E-state index contributed by atoms with van der Waals surface area (Å²) in [6.45, 7) is 7.31. The second kappa shape index (κ2) is 17.4. The molecule has 3 rings (SSSR count). The van der Waals surface area contributed by atoms with Crippen molar-refractivity contribution >= 4 is 39.5 Å². The number of ether oxygens (including phenoxy) is 3. The molecule has 0 saturated heterocycles. The van der Waals surface area contributed by atoms with Crippen LogP contribution in [-0.4, -0.2) is 67.3 Å². The van der Waals surface area contributed by atoms with Gasteiger partial charge in [-0.2, -0.15) is 0 Å². The van der Waals surface area contributed by atoms with E-state index >= 15 is 0 Å². The van der Waals surface area contributed by atoms with Crippen LogP contribution in [0.2, 0.25) is 0 Å². The smallest absolute Gasteiger partial charge is 0.405 e. The molecule has 2 amide bonds. The number of allylic oxidation sites excluding steroid dienone is 4. The van der Waals surface area contributed by atoms with Gasteiger partial charge in [0, 0.05) is 48.4 Å². The Hall–Kier alpha value is -3.84. The molecule has 1 aliphatic carbocycles. The first-order valence-electron chi connectivity index (χ1n) is 15.3. The third kappa shape index (κ3) is 10.3. The number of aliphatic hydroxyl groups is 1. The predicted molar refractivity (Wildman–Crippen MR) is 181 cm³/mol. The molecule has 0 radical (unpaired) electrons. The highest BCUT2D eigenvalue weighted by Crippen LogP contribution is 2.29. The summed E-state index contributed by atoms with van der Waals surface area (Å²) in [6, 6.07) is 7.57. The van der Waals surface area contributed by atoms with Crippen molar-refractivity contribution in [3.05, 3.63) is 92.8 Å². The molecule has 5 N–H and O–H groups in total. The standard InChI is InChI=1S/C35H44BrN3O8/c1-19-14-25-30(38-18-23-10-12-24(36)13-11-23)27(40)17-26(32(25)42)39-34(43)20(2)8-7-9-28(45-5)33(47-35(37)44)22(4)16-21(3)31(41)29(15-19)46-6/h7-13,16-17,19,21,28-29,31,33,38,41H,14-15,18H2,1-6H3,(H2,37,44)(H,39,43)/b9-7-,20-8+,22-16+/t19-,21+,28+,29+,31-,33+/m1/s1. The highest BCUT2D eigenvalue weighted by atomic mass is 79.9. The largest absolute Gasteiger partial charge is 0.439 e. The van der Waals surface area contributed by atoms with Crippen LogP contribution in [0.25, 0.3) is 0 Å². The van der Waals surface area contributed by atoms with Gasteiger partial charge in [-0.1, -0.05) is 66.2 Å². The van der Waals surface area contributed by atoms with Gasteiger partial charge in [0.1, 0.15) is 6.10 Å². The Balaban J connectivity index is 2.06. The van der Waals surface area contributed by atoms with Crippen LogP contribution in [0.1, 0.15) is 46.1 Å². The minimum atomic E-state index is -1.00. The summed E-state index contributed by atoms with van der Waals surface area (Å²) in [5.74, 6) is -2.17. The summed E-state index contributed by atoms with van der Waals surface area (Å²) in [6.07, 6.45) is 3.75. The molecule has 0 spiro atoms. The summed E-state index contributed by atoms with van der Waals surface area (Å²) in [7, 11) is 2.93. The van der Waals surface area contributed by atoms with Crippen LogP contribution in [0.3, 0.4) is 0 Å². The lowest BCUT2D eigenvalue weighted by Crippen LogP contribution is -2.37. The van der Waals surface area contributed by atoms with Crippen molar-refractivity contribution < 1.29 is 38.5 Å². The molecular weight excluding hydrogens is 670 g/mol. The Labute approximate surface area is 284 Å². The number of aliphatic hydroxyl groups excluding tert-OH is 1. The fourth-order valence-corrected chi connectivity index (χ4v) is 5.84. The molecule has 11 nitrogen and oxygen atoms in total. The van der Waals surface area contributed by atoms with Gasteiger partial charge in [0.05, 0.1) is 23.6 Å². The molecule has 254 valence electrons. The van der Waals surface area contributed by atoms with Gasteiger partial charge in [0.25, 0.3) is 5.91 Å². The van der Waals surface area contributed by atoms with E-state index < -0.39 is 53.9 Å². The number of methoxy groups -OCH3 is 2. The molecule has 6 atom stereocenters. The van der Waals surface area contributed by atoms with Crippen molar-refractivity contribution in [3.63, 3.8) is 0 Å². The summed E-state index contributed by atoms with van der Waals surface area (Å²) in [4.78, 5) is 52.2. The van der Waals surface area contributed by atoms with Crippen molar-refractivity contribution in [2.24, 2.45) is 17.6 Å². The summed E-state index contributed by atoms with van der Waals surface area (Å²) in [5, 5.41) is 17.1. The van der Waals surface area contributed by atoms with Gasteiger partial charge in [-0.25, -0.2) is 4.79 Å². The minimum Gasteiger partial charge on any atom is -0.439 e. The Morgan fingerprint density at radius 1 is 1.11 bits per heavy atom. The maximum atomic E-state index is 13.9. The van der Waals surface area contributed by atoms with Gasteiger partial charge in [0.2, 0.25) is 11.6 Å². The number of ketones is 2. The summed E-state index contributed by atoms with van der Waals surface area (Å²) < 4.78 is 17.6. The van der Waals surface area contributed by atoms with E-state index in [2.05, 4.69) is 26.6 Å². The molecule has 0 aromatic heterocycles. The number of halogens is 1. The number of fused-ring (bicyclic) bond motifs is 2. The average Bonchev–Trinajstić information content (AvgIpc) is 3.02. The van der Waals surface area contributed by atoms with Gasteiger partial charge in [-0.15, -0.1) is 0 Å². The number of carbonyl (C=O) groups excluding carboxylic acids is 4. The number of rotatable bonds is 6. The lowest BCUT2D eigenvalue weighted by Gasteiger charge is -2.30. The number of hydrogen-bond donors (Lipinski definition) is 4. The maximum Gasteiger partial charge on any atom is 0.405 e. The summed E-state index contributed by atoms with van der Waals surface area (Å²) >= 11 is 3.42. The third-order valence-corrected chi connectivity index (χ3v) is 8.70. The van der Waals surface area contributed by atoms with Crippen LogP contribution in [-0.2, 0) is 35.1 Å². The third-order valence-electron chi connectivity index (χ3n) is 8.18. The van der Waals surface area contributed by atoms with Gasteiger partial charge in [0.15, 0.2) is 6.10 Å². The quantitative estimate of drug-likeness (QED) is 0.248. The van der Waals surface area contributed by atoms with E-state index in [9.17, 15) is 24.3 Å². The van der Waals surface area contributed by atoms with E-state index in [4.69, 9.17) is 19.9 Å². The van der Waals surface area contributed by atoms with Crippen LogP contribution in [0, 0.1) is 11.8 Å². The number of carbonyl (C=O) groups is 4. The zero-order valence-electron chi connectivity index (χ0n) is 27.5. The van der Waals surface area contributed by atoms with Crippen molar-refractivity contribution in [1.82, 2.24) is 10.6 Å². The SMILES string of the molecule is CO[C@H]1/C=C\C=C(/C)C(=O)NC2=CC(=O)C(NCc3ccc(Br)cc3)=C(C[C@@H](C)C[C@H](OC)[C@H](O)[C@@H](C)/C=C(\C)[C@@H]1OC(N)=O)C2=O.